The summed E-state index contributed by atoms with van der Waals surface area (Å²) in [6.45, 7) is 7.24. The minimum atomic E-state index is -0.112. The van der Waals surface area contributed by atoms with Gasteiger partial charge in [-0.25, -0.2) is 4.39 Å². The Hall–Kier alpha value is -1.19. The van der Waals surface area contributed by atoms with Gasteiger partial charge < -0.3 is 5.32 Å². The van der Waals surface area contributed by atoms with Crippen LogP contribution in [0.1, 0.15) is 27.8 Å². The van der Waals surface area contributed by atoms with Crippen LogP contribution in [0.3, 0.4) is 0 Å². The number of halogens is 1. The van der Waals surface area contributed by atoms with Crippen molar-refractivity contribution in [1.82, 2.24) is 5.32 Å². The molecule has 2 rings (SSSR count). The minimum absolute atomic E-state index is 0.112. The lowest BCUT2D eigenvalue weighted by molar-refractivity contribution is 0.528. The van der Waals surface area contributed by atoms with Crippen molar-refractivity contribution >= 4 is 11.3 Å². The molecule has 2 aromatic rings. The summed E-state index contributed by atoms with van der Waals surface area (Å²) in [6.07, 6.45) is 0.718. The van der Waals surface area contributed by atoms with E-state index in [1.54, 1.807) is 6.07 Å². The summed E-state index contributed by atoms with van der Waals surface area (Å²) in [5.74, 6) is -0.112. The smallest absolute Gasteiger partial charge is 0.126 e. The molecule has 0 amide bonds. The monoisotopic (exact) mass is 277 g/mol. The Morgan fingerprint density at radius 2 is 2.00 bits per heavy atom. The zero-order valence-electron chi connectivity index (χ0n) is 11.7. The average molecular weight is 277 g/mol. The highest BCUT2D eigenvalue weighted by molar-refractivity contribution is 7.12. The lowest BCUT2D eigenvalue weighted by atomic mass is 10.1. The molecule has 19 heavy (non-hydrogen) atoms. The van der Waals surface area contributed by atoms with E-state index in [0.29, 0.717) is 0 Å². The fraction of sp³-hybridized carbons (Fsp3) is 0.375. The van der Waals surface area contributed by atoms with E-state index in [1.807, 2.05) is 23.5 Å². The summed E-state index contributed by atoms with van der Waals surface area (Å²) in [7, 11) is 0. The Labute approximate surface area is 118 Å². The Morgan fingerprint density at radius 1 is 1.26 bits per heavy atom. The van der Waals surface area contributed by atoms with Crippen molar-refractivity contribution in [2.75, 3.05) is 0 Å². The molecule has 1 atom stereocenters. The van der Waals surface area contributed by atoms with Crippen LogP contribution >= 0.6 is 11.3 Å². The predicted molar refractivity (Wildman–Crippen MR) is 80.2 cm³/mol. The van der Waals surface area contributed by atoms with E-state index in [2.05, 4.69) is 32.2 Å². The molecule has 1 nitrogen and oxygen atoms in total. The normalized spacial score (nSPS) is 12.6. The van der Waals surface area contributed by atoms with Gasteiger partial charge in [0.05, 0.1) is 0 Å². The van der Waals surface area contributed by atoms with Crippen LogP contribution in [0.5, 0.6) is 0 Å². The molecule has 102 valence electrons. The Kier molecular flexibility index (Phi) is 4.72. The molecule has 0 fully saturated rings. The summed E-state index contributed by atoms with van der Waals surface area (Å²) in [6, 6.07) is 9.48. The first-order valence-corrected chi connectivity index (χ1v) is 7.40. The minimum Gasteiger partial charge on any atom is -0.309 e. The quantitative estimate of drug-likeness (QED) is 0.862. The van der Waals surface area contributed by atoms with Crippen molar-refractivity contribution in [3.8, 4) is 0 Å². The number of nitrogens with one attached hydrogen (secondary N) is 1. The van der Waals surface area contributed by atoms with E-state index in [0.717, 1.165) is 18.5 Å². The molecule has 3 heteroatoms. The molecular weight excluding hydrogens is 257 g/mol. The molecule has 0 aliphatic rings. The molecule has 0 aliphatic heterocycles. The second-order valence-corrected chi connectivity index (χ2v) is 6.37. The van der Waals surface area contributed by atoms with Crippen LogP contribution in [-0.4, -0.2) is 6.04 Å². The molecule has 1 unspecified atom stereocenters. The van der Waals surface area contributed by atoms with Crippen LogP contribution in [-0.2, 0) is 13.0 Å². The molecule has 1 aromatic heterocycles. The van der Waals surface area contributed by atoms with E-state index < -0.39 is 0 Å². The third kappa shape index (κ3) is 3.88. The fourth-order valence-corrected chi connectivity index (χ4v) is 3.08. The molecule has 1 aromatic carbocycles. The van der Waals surface area contributed by atoms with E-state index in [-0.39, 0.29) is 11.9 Å². The molecule has 0 aliphatic carbocycles. The molecule has 0 bridgehead atoms. The maximum atomic E-state index is 13.5. The van der Waals surface area contributed by atoms with E-state index in [4.69, 9.17) is 0 Å². The van der Waals surface area contributed by atoms with Gasteiger partial charge in [-0.05, 0) is 50.5 Å². The summed E-state index contributed by atoms with van der Waals surface area (Å²) < 4.78 is 13.5. The number of hydrogen-bond acceptors (Lipinski definition) is 2. The van der Waals surface area contributed by atoms with Gasteiger partial charge in [0.25, 0.3) is 0 Å². The molecule has 1 N–H and O–H groups in total. The van der Waals surface area contributed by atoms with Gasteiger partial charge in [0.2, 0.25) is 0 Å². The van der Waals surface area contributed by atoms with Crippen LogP contribution in [0.2, 0.25) is 0 Å². The molecule has 0 spiro atoms. The third-order valence-corrected chi connectivity index (χ3v) is 4.48. The highest BCUT2D eigenvalue weighted by atomic mass is 32.1. The van der Waals surface area contributed by atoms with Gasteiger partial charge in [-0.2, -0.15) is 0 Å². The lowest BCUT2D eigenvalue weighted by Gasteiger charge is -2.13. The Morgan fingerprint density at radius 3 is 2.63 bits per heavy atom. The van der Waals surface area contributed by atoms with Gasteiger partial charge >= 0.3 is 0 Å². The first kappa shape index (κ1) is 14.2. The number of hydrogen-bond donors (Lipinski definition) is 1. The van der Waals surface area contributed by atoms with Crippen molar-refractivity contribution in [3.63, 3.8) is 0 Å². The molecular formula is C16H20FNS. The van der Waals surface area contributed by atoms with Crippen molar-refractivity contribution in [2.24, 2.45) is 0 Å². The van der Waals surface area contributed by atoms with Gasteiger partial charge in [0.15, 0.2) is 0 Å². The number of thiophene rings is 1. The highest BCUT2D eigenvalue weighted by Gasteiger charge is 2.08. The maximum absolute atomic E-state index is 13.5. The average Bonchev–Trinajstić information content (AvgIpc) is 2.69. The molecule has 1 heterocycles. The summed E-state index contributed by atoms with van der Waals surface area (Å²) in [5.41, 5.74) is 2.13. The first-order valence-electron chi connectivity index (χ1n) is 6.59. The summed E-state index contributed by atoms with van der Waals surface area (Å²) in [5, 5.41) is 3.46. The van der Waals surface area contributed by atoms with Gasteiger partial charge in [0.1, 0.15) is 5.82 Å². The maximum Gasteiger partial charge on any atom is 0.126 e. The van der Waals surface area contributed by atoms with E-state index in [1.165, 1.54) is 21.4 Å². The van der Waals surface area contributed by atoms with Crippen molar-refractivity contribution in [2.45, 2.75) is 39.8 Å². The summed E-state index contributed by atoms with van der Waals surface area (Å²) in [4.78, 5) is 2.72. The van der Waals surface area contributed by atoms with Gasteiger partial charge in [-0.15, -0.1) is 11.3 Å². The first-order chi connectivity index (χ1) is 9.06. The molecule has 0 saturated heterocycles. The molecule has 0 radical (unpaired) electrons. The molecule has 0 saturated carbocycles. The number of aryl methyl sites for hydroxylation is 2. The van der Waals surface area contributed by atoms with Gasteiger partial charge in [-0.1, -0.05) is 18.2 Å². The largest absolute Gasteiger partial charge is 0.309 e. The zero-order valence-corrected chi connectivity index (χ0v) is 12.5. The van der Waals surface area contributed by atoms with Crippen LogP contribution < -0.4 is 5.32 Å². The number of rotatable bonds is 5. The lowest BCUT2D eigenvalue weighted by Crippen LogP contribution is -2.27. The Balaban J connectivity index is 1.88. The van der Waals surface area contributed by atoms with Crippen LogP contribution in [0.15, 0.2) is 30.3 Å². The fourth-order valence-electron chi connectivity index (χ4n) is 2.08. The van der Waals surface area contributed by atoms with Crippen LogP contribution in [0.25, 0.3) is 0 Å². The Bertz CT molecular complexity index is 528. The van der Waals surface area contributed by atoms with E-state index in [9.17, 15) is 4.39 Å². The standard InChI is InChI=1S/C16H20FNS/c1-11-8-15(19-13(11)3)10-18-12(2)9-14-6-4-5-7-16(14)17/h4-8,12,18H,9-10H2,1-3H3. The SMILES string of the molecule is Cc1cc(CNC(C)Cc2ccccc2F)sc1C. The topological polar surface area (TPSA) is 12.0 Å². The summed E-state index contributed by atoms with van der Waals surface area (Å²) >= 11 is 1.83. The van der Waals surface area contributed by atoms with E-state index >= 15 is 0 Å². The van der Waals surface area contributed by atoms with Crippen molar-refractivity contribution in [3.05, 3.63) is 57.0 Å². The second-order valence-electron chi connectivity index (χ2n) is 5.03. The van der Waals surface area contributed by atoms with Crippen LogP contribution in [0.4, 0.5) is 4.39 Å². The van der Waals surface area contributed by atoms with Crippen LogP contribution in [0, 0.1) is 19.7 Å². The van der Waals surface area contributed by atoms with Gasteiger partial charge in [-0.3, -0.25) is 0 Å². The second kappa shape index (κ2) is 6.31. The zero-order chi connectivity index (χ0) is 13.8. The number of benzene rings is 1. The highest BCUT2D eigenvalue weighted by Crippen LogP contribution is 2.20. The third-order valence-electron chi connectivity index (χ3n) is 3.33. The van der Waals surface area contributed by atoms with Gasteiger partial charge in [0, 0.05) is 22.3 Å². The van der Waals surface area contributed by atoms with Crippen molar-refractivity contribution in [1.29, 1.82) is 0 Å². The predicted octanol–water partition coefficient (Wildman–Crippen LogP) is 4.22. The van der Waals surface area contributed by atoms with Crippen molar-refractivity contribution < 1.29 is 4.39 Å².